The summed E-state index contributed by atoms with van der Waals surface area (Å²) in [6.07, 6.45) is 1.50. The molecule has 0 aliphatic carbocycles. The molecule has 0 bridgehead atoms. The van der Waals surface area contributed by atoms with Gasteiger partial charge in [0.1, 0.15) is 36.9 Å². The van der Waals surface area contributed by atoms with Crippen LogP contribution in [0.3, 0.4) is 0 Å². The minimum absolute atomic E-state index is 0.222. The summed E-state index contributed by atoms with van der Waals surface area (Å²) in [5.41, 5.74) is 0. The molecule has 0 aliphatic rings. The molecular weight excluding hydrogens is 512 g/mol. The quantitative estimate of drug-likeness (QED) is 0.181. The van der Waals surface area contributed by atoms with Crippen LogP contribution >= 0.6 is 15.9 Å². The molecule has 0 saturated carbocycles. The lowest BCUT2D eigenvalue weighted by atomic mass is 10.0. The van der Waals surface area contributed by atoms with Gasteiger partial charge in [-0.2, -0.15) is 0 Å². The number of halogens is 1. The van der Waals surface area contributed by atoms with Crippen molar-refractivity contribution in [1.82, 2.24) is 0 Å². The molecule has 35 heavy (non-hydrogen) atoms. The molecule has 0 N–H and O–H groups in total. The smallest absolute Gasteiger partial charge is 0.306 e. The van der Waals surface area contributed by atoms with E-state index in [1.807, 2.05) is 70.2 Å². The van der Waals surface area contributed by atoms with Crippen molar-refractivity contribution in [2.75, 3.05) is 13.2 Å². The van der Waals surface area contributed by atoms with Crippen LogP contribution < -0.4 is 9.47 Å². The largest absolute Gasteiger partial charge is 0.488 e. The number of esters is 2. The summed E-state index contributed by atoms with van der Waals surface area (Å²) >= 11 is 3.57. The lowest BCUT2D eigenvalue weighted by molar-refractivity contribution is -0.150. The zero-order chi connectivity index (χ0) is 25.4. The van der Waals surface area contributed by atoms with Gasteiger partial charge in [0.25, 0.3) is 0 Å². The summed E-state index contributed by atoms with van der Waals surface area (Å²) in [6.45, 7) is 8.00. The summed E-state index contributed by atoms with van der Waals surface area (Å²) in [5, 5.41) is 3.52. The van der Waals surface area contributed by atoms with Crippen molar-refractivity contribution < 1.29 is 28.5 Å². The third-order valence-corrected chi connectivity index (χ3v) is 5.88. The van der Waals surface area contributed by atoms with Crippen molar-refractivity contribution in [2.45, 2.75) is 65.6 Å². The third-order valence-electron chi connectivity index (χ3n) is 5.39. The second-order valence-corrected chi connectivity index (χ2v) is 9.53. The average Bonchev–Trinajstić information content (AvgIpc) is 2.81. The summed E-state index contributed by atoms with van der Waals surface area (Å²) in [4.78, 5) is 23.7. The molecule has 0 aliphatic heterocycles. The van der Waals surface area contributed by atoms with Crippen LogP contribution in [0, 0.1) is 0 Å². The van der Waals surface area contributed by atoms with Crippen LogP contribution in [0.2, 0.25) is 0 Å². The lowest BCUT2D eigenvalue weighted by Gasteiger charge is -2.21. The van der Waals surface area contributed by atoms with E-state index in [1.165, 1.54) is 0 Å². The maximum atomic E-state index is 11.9. The first-order valence-corrected chi connectivity index (χ1v) is 12.9. The molecular formula is C28H33BrO6. The molecule has 3 rings (SSSR count). The fourth-order valence-corrected chi connectivity index (χ4v) is 4.19. The molecule has 6 nitrogen and oxygen atoms in total. The summed E-state index contributed by atoms with van der Waals surface area (Å²) in [7, 11) is 0. The van der Waals surface area contributed by atoms with Crippen LogP contribution in [0.15, 0.2) is 46.9 Å². The number of benzene rings is 3. The fourth-order valence-electron chi connectivity index (χ4n) is 3.83. The van der Waals surface area contributed by atoms with Crippen LogP contribution in [0.4, 0.5) is 0 Å². The Hall–Kier alpha value is -2.80. The molecule has 0 fully saturated rings. The number of carbonyl (C=O) groups is 2. The van der Waals surface area contributed by atoms with Gasteiger partial charge in [-0.05, 0) is 44.9 Å². The van der Waals surface area contributed by atoms with Crippen molar-refractivity contribution in [3.05, 3.63) is 46.9 Å². The van der Waals surface area contributed by atoms with E-state index in [-0.39, 0.29) is 37.4 Å². The monoisotopic (exact) mass is 544 g/mol. The molecule has 0 saturated heterocycles. The molecule has 0 aromatic heterocycles. The van der Waals surface area contributed by atoms with E-state index in [2.05, 4.69) is 15.9 Å². The Kier molecular flexibility index (Phi) is 9.78. The highest BCUT2D eigenvalue weighted by Gasteiger charge is 2.19. The molecule has 0 amide bonds. The fraction of sp³-hybridized carbons (Fsp3) is 0.429. The molecule has 2 atom stereocenters. The molecule has 188 valence electrons. The van der Waals surface area contributed by atoms with Crippen molar-refractivity contribution in [3.8, 4) is 11.5 Å². The Balaban J connectivity index is 1.94. The standard InChI is InChI=1S/C28H33BrO6/c1-5-9-25(30)34-18(3)16-32-27-21-11-7-8-12-22(21)28(24-15-20(29)13-14-23(24)27)33-17-19(4)35-26(31)10-6-2/h7-8,11-15,18-19H,5-6,9-10,16-17H2,1-4H3. The summed E-state index contributed by atoms with van der Waals surface area (Å²) in [5.74, 6) is 0.958. The van der Waals surface area contributed by atoms with Crippen molar-refractivity contribution in [1.29, 1.82) is 0 Å². The molecule has 0 radical (unpaired) electrons. The molecule has 3 aromatic carbocycles. The zero-order valence-electron chi connectivity index (χ0n) is 20.8. The summed E-state index contributed by atoms with van der Waals surface area (Å²) in [6, 6.07) is 13.8. The lowest BCUT2D eigenvalue weighted by Crippen LogP contribution is -2.22. The highest BCUT2D eigenvalue weighted by atomic mass is 79.9. The minimum Gasteiger partial charge on any atom is -0.488 e. The van der Waals surface area contributed by atoms with Gasteiger partial charge in [0.2, 0.25) is 0 Å². The first kappa shape index (κ1) is 26.8. The van der Waals surface area contributed by atoms with Crippen LogP contribution in [0.1, 0.15) is 53.4 Å². The number of hydrogen-bond acceptors (Lipinski definition) is 6. The van der Waals surface area contributed by atoms with Crippen molar-refractivity contribution in [3.63, 3.8) is 0 Å². The minimum atomic E-state index is -0.385. The van der Waals surface area contributed by atoms with Gasteiger partial charge in [-0.3, -0.25) is 9.59 Å². The van der Waals surface area contributed by atoms with Gasteiger partial charge in [-0.25, -0.2) is 0 Å². The Labute approximate surface area is 215 Å². The van der Waals surface area contributed by atoms with Gasteiger partial charge in [0.15, 0.2) is 0 Å². The van der Waals surface area contributed by atoms with E-state index in [1.54, 1.807) is 0 Å². The van der Waals surface area contributed by atoms with Gasteiger partial charge < -0.3 is 18.9 Å². The number of fused-ring (bicyclic) bond motifs is 2. The number of rotatable bonds is 12. The Morgan fingerprint density at radius 1 is 0.743 bits per heavy atom. The molecule has 2 unspecified atom stereocenters. The van der Waals surface area contributed by atoms with Crippen LogP contribution in [0.25, 0.3) is 21.5 Å². The van der Waals surface area contributed by atoms with E-state index >= 15 is 0 Å². The van der Waals surface area contributed by atoms with Crippen LogP contribution in [-0.4, -0.2) is 37.4 Å². The van der Waals surface area contributed by atoms with Gasteiger partial charge in [0.05, 0.1) is 0 Å². The predicted octanol–water partition coefficient (Wildman–Crippen LogP) is 6.98. The van der Waals surface area contributed by atoms with E-state index in [9.17, 15) is 9.59 Å². The number of hydrogen-bond donors (Lipinski definition) is 0. The van der Waals surface area contributed by atoms with Gasteiger partial charge in [0, 0.05) is 38.9 Å². The molecule has 3 aromatic rings. The normalized spacial score (nSPS) is 12.8. The van der Waals surface area contributed by atoms with Crippen molar-refractivity contribution >= 4 is 49.4 Å². The second kappa shape index (κ2) is 12.8. The Morgan fingerprint density at radius 3 is 1.69 bits per heavy atom. The highest BCUT2D eigenvalue weighted by Crippen LogP contribution is 2.43. The third kappa shape index (κ3) is 7.10. The Bertz CT molecular complexity index is 1180. The second-order valence-electron chi connectivity index (χ2n) is 8.62. The first-order valence-electron chi connectivity index (χ1n) is 12.1. The van der Waals surface area contributed by atoms with E-state index < -0.39 is 0 Å². The highest BCUT2D eigenvalue weighted by molar-refractivity contribution is 9.10. The maximum Gasteiger partial charge on any atom is 0.306 e. The zero-order valence-corrected chi connectivity index (χ0v) is 22.4. The topological polar surface area (TPSA) is 71.1 Å². The van der Waals surface area contributed by atoms with Crippen molar-refractivity contribution in [2.24, 2.45) is 0 Å². The average molecular weight is 545 g/mol. The van der Waals surface area contributed by atoms with Gasteiger partial charge >= 0.3 is 11.9 Å². The first-order chi connectivity index (χ1) is 16.8. The maximum absolute atomic E-state index is 11.9. The van der Waals surface area contributed by atoms with Crippen LogP contribution in [-0.2, 0) is 19.1 Å². The SMILES string of the molecule is CCCC(=O)OC(C)COc1c2ccccc2c(OCC(C)OC(=O)CCC)c2cc(Br)ccc12. The summed E-state index contributed by atoms with van der Waals surface area (Å²) < 4.78 is 24.3. The van der Waals surface area contributed by atoms with E-state index in [4.69, 9.17) is 18.9 Å². The van der Waals surface area contributed by atoms with Gasteiger partial charge in [-0.15, -0.1) is 0 Å². The van der Waals surface area contributed by atoms with E-state index in [0.29, 0.717) is 24.3 Å². The number of carbonyl (C=O) groups excluding carboxylic acids is 2. The molecule has 0 heterocycles. The van der Waals surface area contributed by atoms with Gasteiger partial charge in [-0.1, -0.05) is 54.0 Å². The molecule has 7 heteroatoms. The molecule has 0 spiro atoms. The number of ether oxygens (including phenoxy) is 4. The van der Waals surface area contributed by atoms with Crippen LogP contribution in [0.5, 0.6) is 11.5 Å². The van der Waals surface area contributed by atoms with E-state index in [0.717, 1.165) is 38.9 Å². The predicted molar refractivity (Wildman–Crippen MR) is 141 cm³/mol. The Morgan fingerprint density at radius 2 is 1.20 bits per heavy atom.